The van der Waals surface area contributed by atoms with Crippen molar-refractivity contribution in [2.75, 3.05) is 13.2 Å². The van der Waals surface area contributed by atoms with E-state index < -0.39 is 7.30 Å². The fraction of sp³-hybridized carbons (Fsp3) is 1.00. The predicted octanol–water partition coefficient (Wildman–Crippen LogP) is 2.36. The van der Waals surface area contributed by atoms with Gasteiger partial charge in [0.05, 0.1) is 0 Å². The first-order valence-corrected chi connectivity index (χ1v) is 6.06. The molecule has 0 saturated carbocycles. The summed E-state index contributed by atoms with van der Waals surface area (Å²) >= 11 is 5.48. The van der Waals surface area contributed by atoms with E-state index in [0.29, 0.717) is 13.2 Å². The van der Waals surface area contributed by atoms with E-state index in [0.717, 1.165) is 6.42 Å². The van der Waals surface area contributed by atoms with Crippen LogP contribution in [0.2, 0.25) is 0 Å². The van der Waals surface area contributed by atoms with Crippen molar-refractivity contribution < 1.29 is 13.9 Å². The molecule has 0 aliphatic carbocycles. The molecule has 0 spiro atoms. The van der Waals surface area contributed by atoms with Crippen molar-refractivity contribution in [2.45, 2.75) is 20.3 Å². The Bertz CT molecular complexity index is 141. The van der Waals surface area contributed by atoms with Gasteiger partial charge in [0.2, 0.25) is 0 Å². The number of hydrogen-bond donors (Lipinski definition) is 1. The molecule has 0 unspecified atom stereocenters. The maximum Gasteiger partial charge on any atom is 0.521 e. The van der Waals surface area contributed by atoms with Gasteiger partial charge in [-0.05, 0) is 6.42 Å². The lowest BCUT2D eigenvalue weighted by atomic mass is 9.90. The first-order chi connectivity index (χ1) is 4.97. The zero-order valence-corrected chi connectivity index (χ0v) is 8.36. The Kier molecular flexibility index (Phi) is 2.78. The molecule has 0 aromatic carbocycles. The summed E-state index contributed by atoms with van der Waals surface area (Å²) in [5.74, 6) is 0. The highest BCUT2D eigenvalue weighted by atomic mass is 35.7. The van der Waals surface area contributed by atoms with Crippen molar-refractivity contribution in [3.05, 3.63) is 0 Å². The Morgan fingerprint density at radius 1 is 1.55 bits per heavy atom. The summed E-state index contributed by atoms with van der Waals surface area (Å²) in [4.78, 5) is 9.13. The van der Waals surface area contributed by atoms with Gasteiger partial charge < -0.3 is 0 Å². The summed E-state index contributed by atoms with van der Waals surface area (Å²) in [6.07, 6.45) is 0.962. The Morgan fingerprint density at radius 3 is 2.36 bits per heavy atom. The molecule has 11 heavy (non-hydrogen) atoms. The molecule has 0 aromatic rings. The monoisotopic (exact) mass is 199 g/mol. The first-order valence-electron chi connectivity index (χ1n) is 3.58. The van der Waals surface area contributed by atoms with Crippen LogP contribution in [0.25, 0.3) is 0 Å². The third-order valence-electron chi connectivity index (χ3n) is 2.00. The second-order valence-corrected chi connectivity index (χ2v) is 5.86. The van der Waals surface area contributed by atoms with Gasteiger partial charge >= 0.3 is 7.30 Å². The molecule has 66 valence electrons. The lowest BCUT2D eigenvalue weighted by Crippen LogP contribution is -2.32. The van der Waals surface area contributed by atoms with Crippen LogP contribution in [0, 0.1) is 5.41 Å². The third-order valence-corrected chi connectivity index (χ3v) is 3.48. The van der Waals surface area contributed by atoms with E-state index in [1.807, 2.05) is 6.92 Å². The van der Waals surface area contributed by atoms with Crippen molar-refractivity contribution in [3.63, 3.8) is 0 Å². The van der Waals surface area contributed by atoms with Gasteiger partial charge in [-0.3, -0.25) is 0 Å². The molecule has 3 nitrogen and oxygen atoms in total. The number of rotatable bonds is 1. The van der Waals surface area contributed by atoms with E-state index in [-0.39, 0.29) is 5.41 Å². The molecule has 1 fully saturated rings. The van der Waals surface area contributed by atoms with Crippen LogP contribution >= 0.6 is 18.5 Å². The first kappa shape index (κ1) is 9.69. The molecule has 0 atom stereocenters. The molecule has 1 heterocycles. The van der Waals surface area contributed by atoms with Crippen LogP contribution in [-0.2, 0) is 9.05 Å². The minimum Gasteiger partial charge on any atom is -0.178 e. The van der Waals surface area contributed by atoms with E-state index in [9.17, 15) is 0 Å². The van der Waals surface area contributed by atoms with E-state index >= 15 is 0 Å². The van der Waals surface area contributed by atoms with E-state index in [1.165, 1.54) is 0 Å². The second-order valence-electron chi connectivity index (χ2n) is 3.16. The minimum absolute atomic E-state index is 0.0150. The number of hydrogen-bond acceptors (Lipinski definition) is 3. The zero-order chi connectivity index (χ0) is 8.54. The predicted molar refractivity (Wildman–Crippen MR) is 45.3 cm³/mol. The molecule has 1 aliphatic heterocycles. The Balaban J connectivity index is 2.48. The Labute approximate surface area is 72.0 Å². The lowest BCUT2D eigenvalue weighted by molar-refractivity contribution is 0.0207. The van der Waals surface area contributed by atoms with Gasteiger partial charge in [0.1, 0.15) is 13.2 Å². The maximum absolute atomic E-state index is 9.13. The fourth-order valence-corrected chi connectivity index (χ4v) is 2.06. The van der Waals surface area contributed by atoms with Crippen molar-refractivity contribution >= 4 is 18.5 Å². The van der Waals surface area contributed by atoms with Gasteiger partial charge in [-0.15, -0.1) is 0 Å². The molecule has 1 N–H and O–H groups in total. The van der Waals surface area contributed by atoms with E-state index in [2.05, 4.69) is 6.92 Å². The van der Waals surface area contributed by atoms with Gasteiger partial charge in [-0.25, -0.2) is 0 Å². The van der Waals surface area contributed by atoms with Crippen LogP contribution in [-0.4, -0.2) is 18.1 Å². The third kappa shape index (κ3) is 2.53. The average molecular weight is 200 g/mol. The van der Waals surface area contributed by atoms with Gasteiger partial charge in [-0.2, -0.15) is 13.9 Å². The van der Waals surface area contributed by atoms with E-state index in [1.54, 1.807) is 0 Å². The highest BCUT2D eigenvalue weighted by Gasteiger charge is 2.49. The fourth-order valence-electron chi connectivity index (χ4n) is 0.754. The van der Waals surface area contributed by atoms with Crippen molar-refractivity contribution in [2.24, 2.45) is 5.41 Å². The summed E-state index contributed by atoms with van der Waals surface area (Å²) in [6.45, 7) is 5.07. The maximum atomic E-state index is 9.13. The van der Waals surface area contributed by atoms with E-state index in [4.69, 9.17) is 25.2 Å². The van der Waals surface area contributed by atoms with Gasteiger partial charge in [0.25, 0.3) is 0 Å². The Morgan fingerprint density at radius 2 is 2.00 bits per heavy atom. The van der Waals surface area contributed by atoms with Crippen LogP contribution in [0.5, 0.6) is 0 Å². The van der Waals surface area contributed by atoms with Crippen molar-refractivity contribution in [3.8, 4) is 0 Å². The summed E-state index contributed by atoms with van der Waals surface area (Å²) < 4.78 is 9.96. The highest BCUT2D eigenvalue weighted by molar-refractivity contribution is 7.86. The largest absolute Gasteiger partial charge is 0.521 e. The topological polar surface area (TPSA) is 38.7 Å². The van der Waals surface area contributed by atoms with Crippen molar-refractivity contribution in [1.82, 2.24) is 0 Å². The lowest BCUT2D eigenvalue weighted by Gasteiger charge is -2.30. The molecular weight excluding hydrogens is 186 g/mol. The summed E-state index contributed by atoms with van der Waals surface area (Å²) in [6, 6.07) is 0. The Hall–Kier alpha value is 0.600. The van der Waals surface area contributed by atoms with Crippen LogP contribution in [0.15, 0.2) is 0 Å². The average Bonchev–Trinajstić information content (AvgIpc) is 1.97. The van der Waals surface area contributed by atoms with Crippen LogP contribution in [0.4, 0.5) is 0 Å². The smallest absolute Gasteiger partial charge is 0.178 e. The normalized spacial score (nSPS) is 45.8. The van der Waals surface area contributed by atoms with Crippen LogP contribution < -0.4 is 0 Å². The highest BCUT2D eigenvalue weighted by Crippen LogP contribution is 2.65. The molecule has 1 aliphatic rings. The molecule has 1 rings (SSSR count). The summed E-state index contributed by atoms with van der Waals surface area (Å²) in [7, 11) is -2.96. The molecule has 0 radical (unpaired) electrons. The summed E-state index contributed by atoms with van der Waals surface area (Å²) in [5, 5.41) is 0. The van der Waals surface area contributed by atoms with Gasteiger partial charge in [0, 0.05) is 5.41 Å². The molecular formula is C6H13ClO3P+. The van der Waals surface area contributed by atoms with Crippen molar-refractivity contribution in [1.29, 1.82) is 0 Å². The second kappa shape index (κ2) is 3.15. The quantitative estimate of drug-likeness (QED) is 0.659. The van der Waals surface area contributed by atoms with Gasteiger partial charge in [-0.1, -0.05) is 13.8 Å². The molecule has 5 heteroatoms. The van der Waals surface area contributed by atoms with Gasteiger partial charge in [0.15, 0.2) is 11.2 Å². The molecule has 0 bridgehead atoms. The SMILES string of the molecule is CCC1(C)CO[P+](O)(Cl)OC1. The zero-order valence-electron chi connectivity index (χ0n) is 6.71. The standard InChI is InChI=1S/C6H13ClO3P/c1-3-6(2)4-9-11(7,8)10-5-6/h8H,3-5H2,1-2H3/q+1. The summed E-state index contributed by atoms with van der Waals surface area (Å²) in [5.41, 5.74) is 0.0150. The minimum atomic E-state index is -2.96. The number of halogens is 1. The molecule has 0 amide bonds. The molecule has 0 aromatic heterocycles. The van der Waals surface area contributed by atoms with Crippen LogP contribution in [0.1, 0.15) is 20.3 Å². The van der Waals surface area contributed by atoms with Crippen LogP contribution in [0.3, 0.4) is 0 Å². The molecule has 1 saturated heterocycles.